The summed E-state index contributed by atoms with van der Waals surface area (Å²) < 4.78 is 18.3. The van der Waals surface area contributed by atoms with Crippen molar-refractivity contribution in [3.8, 4) is 5.75 Å². The van der Waals surface area contributed by atoms with Crippen LogP contribution in [0.15, 0.2) is 18.2 Å². The monoisotopic (exact) mass is 273 g/mol. The third-order valence-corrected chi connectivity index (χ3v) is 2.57. The van der Waals surface area contributed by atoms with E-state index in [-0.39, 0.29) is 5.91 Å². The van der Waals surface area contributed by atoms with Crippen LogP contribution in [0.1, 0.15) is 26.2 Å². The molecular weight excluding hydrogens is 257 g/mol. The molecule has 1 N–H and O–H groups in total. The number of ether oxygens (including phenoxy) is 1. The van der Waals surface area contributed by atoms with Crippen molar-refractivity contribution in [1.82, 2.24) is 0 Å². The van der Waals surface area contributed by atoms with Gasteiger partial charge in [0.05, 0.1) is 12.3 Å². The molecule has 18 heavy (non-hydrogen) atoms. The van der Waals surface area contributed by atoms with Crippen molar-refractivity contribution in [3.63, 3.8) is 0 Å². The maximum Gasteiger partial charge on any atom is 0.224 e. The van der Waals surface area contributed by atoms with Gasteiger partial charge in [0.25, 0.3) is 0 Å². The Labute approximate surface area is 111 Å². The predicted molar refractivity (Wildman–Crippen MR) is 70.8 cm³/mol. The number of carbonyl (C=O) groups excluding carboxylic acids is 1. The average molecular weight is 274 g/mol. The molecule has 5 heteroatoms. The Morgan fingerprint density at radius 1 is 1.44 bits per heavy atom. The van der Waals surface area contributed by atoms with Gasteiger partial charge in [-0.15, -0.1) is 11.6 Å². The van der Waals surface area contributed by atoms with Crippen molar-refractivity contribution >= 4 is 23.2 Å². The standard InChI is InChI=1S/C13H17ClFNO2/c1-2-18-12-9-10(15)6-7-11(12)16-13(17)5-3-4-8-14/h6-7,9H,2-5,8H2,1H3,(H,16,17). The molecule has 0 unspecified atom stereocenters. The molecule has 0 saturated heterocycles. The van der Waals surface area contributed by atoms with Crippen molar-refractivity contribution in [2.24, 2.45) is 0 Å². The van der Waals surface area contributed by atoms with Crippen LogP contribution in [0.4, 0.5) is 10.1 Å². The van der Waals surface area contributed by atoms with Gasteiger partial charge in [-0.2, -0.15) is 0 Å². The number of unbranched alkanes of at least 4 members (excludes halogenated alkanes) is 1. The number of carbonyl (C=O) groups is 1. The van der Waals surface area contributed by atoms with Crippen LogP contribution in [-0.4, -0.2) is 18.4 Å². The zero-order valence-corrected chi connectivity index (χ0v) is 11.1. The minimum Gasteiger partial charge on any atom is -0.492 e. The number of amides is 1. The number of anilines is 1. The highest BCUT2D eigenvalue weighted by Crippen LogP contribution is 2.25. The summed E-state index contributed by atoms with van der Waals surface area (Å²) in [5, 5.41) is 2.71. The summed E-state index contributed by atoms with van der Waals surface area (Å²) in [7, 11) is 0. The smallest absolute Gasteiger partial charge is 0.224 e. The quantitative estimate of drug-likeness (QED) is 0.609. The number of nitrogens with one attached hydrogen (secondary N) is 1. The van der Waals surface area contributed by atoms with Crippen molar-refractivity contribution in [2.45, 2.75) is 26.2 Å². The number of hydrogen-bond acceptors (Lipinski definition) is 2. The van der Waals surface area contributed by atoms with Crippen LogP contribution in [0.25, 0.3) is 0 Å². The van der Waals surface area contributed by atoms with E-state index in [2.05, 4.69) is 5.32 Å². The fourth-order valence-corrected chi connectivity index (χ4v) is 1.66. The molecule has 0 atom stereocenters. The van der Waals surface area contributed by atoms with Crippen LogP contribution in [0.3, 0.4) is 0 Å². The molecule has 1 amide bonds. The van der Waals surface area contributed by atoms with Gasteiger partial charge in [-0.3, -0.25) is 4.79 Å². The number of halogens is 2. The highest BCUT2D eigenvalue weighted by molar-refractivity contribution is 6.17. The Hall–Kier alpha value is -1.29. The first-order chi connectivity index (χ1) is 8.67. The van der Waals surface area contributed by atoms with Crippen molar-refractivity contribution in [1.29, 1.82) is 0 Å². The van der Waals surface area contributed by atoms with E-state index < -0.39 is 5.82 Å². The summed E-state index contributed by atoms with van der Waals surface area (Å²) in [6.45, 7) is 2.22. The lowest BCUT2D eigenvalue weighted by Gasteiger charge is -2.11. The van der Waals surface area contributed by atoms with Gasteiger partial charge in [-0.25, -0.2) is 4.39 Å². The second kappa shape index (κ2) is 7.93. The van der Waals surface area contributed by atoms with Crippen molar-refractivity contribution in [3.05, 3.63) is 24.0 Å². The molecule has 0 spiro atoms. The summed E-state index contributed by atoms with van der Waals surface area (Å²) in [6, 6.07) is 4.05. The van der Waals surface area contributed by atoms with Crippen molar-refractivity contribution < 1.29 is 13.9 Å². The first kappa shape index (κ1) is 14.8. The predicted octanol–water partition coefficient (Wildman–Crippen LogP) is 3.57. The Morgan fingerprint density at radius 3 is 2.89 bits per heavy atom. The molecule has 1 aromatic carbocycles. The third kappa shape index (κ3) is 4.92. The maximum absolute atomic E-state index is 13.0. The Balaban J connectivity index is 2.62. The fraction of sp³-hybridized carbons (Fsp3) is 0.462. The summed E-state index contributed by atoms with van der Waals surface area (Å²) in [5.74, 6) is 0.392. The number of alkyl halides is 1. The molecule has 0 aromatic heterocycles. The van der Waals surface area contributed by atoms with E-state index in [0.29, 0.717) is 30.3 Å². The van der Waals surface area contributed by atoms with Crippen LogP contribution in [0.5, 0.6) is 5.75 Å². The van der Waals surface area contributed by atoms with E-state index in [1.165, 1.54) is 18.2 Å². The molecule has 0 radical (unpaired) electrons. The van der Waals surface area contributed by atoms with E-state index in [9.17, 15) is 9.18 Å². The summed E-state index contributed by atoms with van der Waals surface area (Å²) in [4.78, 5) is 11.6. The fourth-order valence-electron chi connectivity index (χ4n) is 1.47. The van der Waals surface area contributed by atoms with Crippen LogP contribution < -0.4 is 10.1 Å². The van der Waals surface area contributed by atoms with Gasteiger partial charge in [-0.1, -0.05) is 0 Å². The van der Waals surface area contributed by atoms with Crippen LogP contribution in [0.2, 0.25) is 0 Å². The SMILES string of the molecule is CCOc1cc(F)ccc1NC(=O)CCCCCl. The van der Waals surface area contributed by atoms with Crippen LogP contribution in [-0.2, 0) is 4.79 Å². The lowest BCUT2D eigenvalue weighted by atomic mass is 10.2. The largest absolute Gasteiger partial charge is 0.492 e. The van der Waals surface area contributed by atoms with Gasteiger partial charge >= 0.3 is 0 Å². The van der Waals surface area contributed by atoms with E-state index in [4.69, 9.17) is 16.3 Å². The molecule has 0 aliphatic carbocycles. The van der Waals surface area contributed by atoms with Crippen LogP contribution in [0, 0.1) is 5.82 Å². The molecule has 0 heterocycles. The Kier molecular flexibility index (Phi) is 6.50. The van der Waals surface area contributed by atoms with Gasteiger partial charge in [0.1, 0.15) is 11.6 Å². The molecule has 0 saturated carbocycles. The highest BCUT2D eigenvalue weighted by Gasteiger charge is 2.08. The first-order valence-electron chi connectivity index (χ1n) is 5.95. The highest BCUT2D eigenvalue weighted by atomic mass is 35.5. The molecule has 0 bridgehead atoms. The van der Waals surface area contributed by atoms with Gasteiger partial charge in [0, 0.05) is 18.4 Å². The Morgan fingerprint density at radius 2 is 2.22 bits per heavy atom. The minimum atomic E-state index is -0.390. The third-order valence-electron chi connectivity index (χ3n) is 2.31. The molecule has 1 rings (SSSR count). The van der Waals surface area contributed by atoms with Gasteiger partial charge in [-0.05, 0) is 31.9 Å². The van der Waals surface area contributed by atoms with Gasteiger partial charge in [0.2, 0.25) is 5.91 Å². The lowest BCUT2D eigenvalue weighted by Crippen LogP contribution is -2.12. The van der Waals surface area contributed by atoms with Gasteiger partial charge in [0.15, 0.2) is 0 Å². The molecule has 0 fully saturated rings. The molecule has 100 valence electrons. The summed E-state index contributed by atoms with van der Waals surface area (Å²) >= 11 is 5.54. The minimum absolute atomic E-state index is 0.118. The zero-order valence-electron chi connectivity index (χ0n) is 10.3. The topological polar surface area (TPSA) is 38.3 Å². The molecule has 3 nitrogen and oxygen atoms in total. The summed E-state index contributed by atoms with van der Waals surface area (Å²) in [5.41, 5.74) is 0.495. The number of benzene rings is 1. The van der Waals surface area contributed by atoms with E-state index in [1.807, 2.05) is 0 Å². The van der Waals surface area contributed by atoms with Crippen LogP contribution >= 0.6 is 11.6 Å². The molecule has 0 aliphatic rings. The van der Waals surface area contributed by atoms with E-state index >= 15 is 0 Å². The molecule has 1 aromatic rings. The van der Waals surface area contributed by atoms with E-state index in [0.717, 1.165) is 12.8 Å². The first-order valence-corrected chi connectivity index (χ1v) is 6.49. The number of hydrogen-bond donors (Lipinski definition) is 1. The van der Waals surface area contributed by atoms with Gasteiger partial charge < -0.3 is 10.1 Å². The number of rotatable bonds is 7. The lowest BCUT2D eigenvalue weighted by molar-refractivity contribution is -0.116. The summed E-state index contributed by atoms with van der Waals surface area (Å²) in [6.07, 6.45) is 1.94. The second-order valence-electron chi connectivity index (χ2n) is 3.77. The van der Waals surface area contributed by atoms with E-state index in [1.54, 1.807) is 6.92 Å². The van der Waals surface area contributed by atoms with Crippen molar-refractivity contribution in [2.75, 3.05) is 17.8 Å². The second-order valence-corrected chi connectivity index (χ2v) is 4.15. The normalized spacial score (nSPS) is 10.2. The average Bonchev–Trinajstić information content (AvgIpc) is 2.33. The maximum atomic E-state index is 13.0. The molecule has 0 aliphatic heterocycles. The Bertz CT molecular complexity index is 399. The molecular formula is C13H17ClFNO2. The zero-order chi connectivity index (χ0) is 13.4.